The Morgan fingerprint density at radius 3 is 1.91 bits per heavy atom. The summed E-state index contributed by atoms with van der Waals surface area (Å²) in [6.45, 7) is 3.43. The number of esters is 2. The van der Waals surface area contributed by atoms with E-state index in [9.17, 15) is 14.2 Å². The zero-order chi connectivity index (χ0) is 25.5. The molecule has 200 valence electrons. The number of phosphoric acid groups is 1. The molecule has 0 aliphatic rings. The molecule has 0 saturated carbocycles. The third-order valence-electron chi connectivity index (χ3n) is 5.30. The van der Waals surface area contributed by atoms with Crippen LogP contribution in [0.3, 0.4) is 0 Å². The van der Waals surface area contributed by atoms with Gasteiger partial charge in [0.25, 0.3) is 0 Å². The van der Waals surface area contributed by atoms with E-state index in [-0.39, 0.29) is 19.4 Å². The Morgan fingerprint density at radius 2 is 1.32 bits per heavy atom. The van der Waals surface area contributed by atoms with Crippen LogP contribution in [0.25, 0.3) is 0 Å². The average molecular weight is 507 g/mol. The van der Waals surface area contributed by atoms with Gasteiger partial charge in [-0.05, 0) is 32.1 Å². The van der Waals surface area contributed by atoms with Gasteiger partial charge in [0.1, 0.15) is 6.61 Å². The van der Waals surface area contributed by atoms with Crippen LogP contribution in [0.2, 0.25) is 0 Å². The molecule has 0 saturated heterocycles. The van der Waals surface area contributed by atoms with Crippen LogP contribution in [-0.2, 0) is 28.2 Å². The Kier molecular flexibility index (Phi) is 21.5. The molecule has 34 heavy (non-hydrogen) atoms. The van der Waals surface area contributed by atoms with E-state index < -0.39 is 32.5 Å². The standard InChI is InChI=1S/C25H47O8P/c1-3-5-7-9-10-11-12-13-14-16-18-20-25(27)33-23(22-32-34(28,29)30)21-31-24(26)19-17-15-8-6-4-2/h5,7,23H,3-4,6,8-22H2,1-2H3,(H2,28,29,30)/b7-5-/t23-/m1/s1. The summed E-state index contributed by atoms with van der Waals surface area (Å²) < 4.78 is 25.8. The molecule has 0 amide bonds. The number of phosphoric ester groups is 1. The molecular weight excluding hydrogens is 459 g/mol. The van der Waals surface area contributed by atoms with Gasteiger partial charge in [-0.2, -0.15) is 0 Å². The van der Waals surface area contributed by atoms with Crippen LogP contribution in [-0.4, -0.2) is 41.0 Å². The second-order valence-electron chi connectivity index (χ2n) is 8.64. The molecule has 0 fully saturated rings. The van der Waals surface area contributed by atoms with Crippen LogP contribution in [0.4, 0.5) is 0 Å². The Morgan fingerprint density at radius 1 is 0.765 bits per heavy atom. The highest BCUT2D eigenvalue weighted by Gasteiger charge is 2.22. The lowest BCUT2D eigenvalue weighted by atomic mass is 10.1. The van der Waals surface area contributed by atoms with Crippen LogP contribution in [0, 0.1) is 0 Å². The molecule has 0 aliphatic heterocycles. The second-order valence-corrected chi connectivity index (χ2v) is 9.88. The van der Waals surface area contributed by atoms with Gasteiger partial charge in [0.2, 0.25) is 0 Å². The number of carbonyl (C=O) groups is 2. The molecule has 8 nitrogen and oxygen atoms in total. The van der Waals surface area contributed by atoms with Gasteiger partial charge in [-0.15, -0.1) is 0 Å². The molecule has 0 aliphatic carbocycles. The van der Waals surface area contributed by atoms with Crippen molar-refractivity contribution in [2.75, 3.05) is 13.2 Å². The maximum atomic E-state index is 12.1. The van der Waals surface area contributed by atoms with Crippen molar-refractivity contribution in [2.45, 2.75) is 123 Å². The molecule has 1 atom stereocenters. The zero-order valence-electron chi connectivity index (χ0n) is 21.3. The van der Waals surface area contributed by atoms with Crippen LogP contribution in [0.15, 0.2) is 12.2 Å². The van der Waals surface area contributed by atoms with Crippen molar-refractivity contribution >= 4 is 19.8 Å². The molecule has 0 aromatic heterocycles. The first-order valence-corrected chi connectivity index (χ1v) is 14.5. The minimum atomic E-state index is -4.72. The van der Waals surface area contributed by atoms with Gasteiger partial charge in [0, 0.05) is 12.8 Å². The summed E-state index contributed by atoms with van der Waals surface area (Å²) in [7, 11) is -4.72. The van der Waals surface area contributed by atoms with Crippen molar-refractivity contribution in [2.24, 2.45) is 0 Å². The van der Waals surface area contributed by atoms with Crippen molar-refractivity contribution in [1.29, 1.82) is 0 Å². The summed E-state index contributed by atoms with van der Waals surface area (Å²) in [6.07, 6.45) is 18.5. The van der Waals surface area contributed by atoms with Crippen molar-refractivity contribution in [3.8, 4) is 0 Å². The van der Waals surface area contributed by atoms with Crippen molar-refractivity contribution in [3.63, 3.8) is 0 Å². The normalized spacial score (nSPS) is 12.7. The maximum Gasteiger partial charge on any atom is 0.469 e. The number of allylic oxidation sites excluding steroid dienone is 2. The minimum absolute atomic E-state index is 0.208. The summed E-state index contributed by atoms with van der Waals surface area (Å²) in [5.74, 6) is -0.909. The Hall–Kier alpha value is -1.21. The Balaban J connectivity index is 4.10. The molecule has 0 heterocycles. The quantitative estimate of drug-likeness (QED) is 0.0708. The smallest absolute Gasteiger partial charge is 0.462 e. The third-order valence-corrected chi connectivity index (χ3v) is 5.78. The Bertz CT molecular complexity index is 587. The fourth-order valence-corrected chi connectivity index (χ4v) is 3.73. The number of carbonyl (C=O) groups excluding carboxylic acids is 2. The topological polar surface area (TPSA) is 119 Å². The fraction of sp³-hybridized carbons (Fsp3) is 0.840. The number of ether oxygens (including phenoxy) is 2. The molecule has 0 aromatic carbocycles. The van der Waals surface area contributed by atoms with E-state index in [0.29, 0.717) is 6.42 Å². The zero-order valence-corrected chi connectivity index (χ0v) is 22.1. The van der Waals surface area contributed by atoms with Gasteiger partial charge < -0.3 is 19.3 Å². The third kappa shape index (κ3) is 23.9. The highest BCUT2D eigenvalue weighted by Crippen LogP contribution is 2.35. The van der Waals surface area contributed by atoms with E-state index in [1.807, 2.05) is 0 Å². The summed E-state index contributed by atoms with van der Waals surface area (Å²) in [4.78, 5) is 41.9. The maximum absolute atomic E-state index is 12.1. The first kappa shape index (κ1) is 32.8. The summed E-state index contributed by atoms with van der Waals surface area (Å²) in [5.41, 5.74) is 0. The van der Waals surface area contributed by atoms with Gasteiger partial charge >= 0.3 is 19.8 Å². The molecule has 2 N–H and O–H groups in total. The highest BCUT2D eigenvalue weighted by molar-refractivity contribution is 7.46. The van der Waals surface area contributed by atoms with Gasteiger partial charge in [-0.25, -0.2) is 4.57 Å². The SMILES string of the molecule is CC/C=C\CCCCCCCCCC(=O)O[C@H](COC(=O)CCCCCCC)COP(=O)(O)O. The van der Waals surface area contributed by atoms with Gasteiger partial charge in [-0.1, -0.05) is 83.8 Å². The van der Waals surface area contributed by atoms with Crippen LogP contribution < -0.4 is 0 Å². The van der Waals surface area contributed by atoms with Crippen LogP contribution in [0.5, 0.6) is 0 Å². The van der Waals surface area contributed by atoms with Crippen LogP contribution >= 0.6 is 7.82 Å². The molecule has 0 radical (unpaired) electrons. The minimum Gasteiger partial charge on any atom is -0.462 e. The lowest BCUT2D eigenvalue weighted by Crippen LogP contribution is -2.29. The summed E-state index contributed by atoms with van der Waals surface area (Å²) >= 11 is 0. The van der Waals surface area contributed by atoms with Gasteiger partial charge in [0.05, 0.1) is 6.61 Å². The average Bonchev–Trinajstić information content (AvgIpc) is 2.78. The monoisotopic (exact) mass is 506 g/mol. The Labute approximate surface area is 206 Å². The van der Waals surface area contributed by atoms with Crippen molar-refractivity contribution in [3.05, 3.63) is 12.2 Å². The fourth-order valence-electron chi connectivity index (χ4n) is 3.37. The van der Waals surface area contributed by atoms with E-state index >= 15 is 0 Å². The van der Waals surface area contributed by atoms with E-state index in [1.165, 1.54) is 19.3 Å². The van der Waals surface area contributed by atoms with E-state index in [4.69, 9.17) is 19.3 Å². The molecule has 0 unspecified atom stereocenters. The van der Waals surface area contributed by atoms with E-state index in [1.54, 1.807) is 0 Å². The first-order chi connectivity index (χ1) is 16.3. The summed E-state index contributed by atoms with van der Waals surface area (Å²) in [6, 6.07) is 0. The lowest BCUT2D eigenvalue weighted by Gasteiger charge is -2.18. The van der Waals surface area contributed by atoms with E-state index in [2.05, 4.69) is 30.5 Å². The number of hydrogen-bond donors (Lipinski definition) is 2. The molecular formula is C25H47O8P. The largest absolute Gasteiger partial charge is 0.469 e. The predicted octanol–water partition coefficient (Wildman–Crippen LogP) is 6.39. The van der Waals surface area contributed by atoms with Crippen molar-refractivity contribution < 1.29 is 37.9 Å². The number of hydrogen-bond acceptors (Lipinski definition) is 6. The molecule has 0 rings (SSSR count). The highest BCUT2D eigenvalue weighted by atomic mass is 31.2. The van der Waals surface area contributed by atoms with Gasteiger partial charge in [0.15, 0.2) is 6.10 Å². The molecule has 9 heteroatoms. The number of unbranched alkanes of at least 4 members (excludes halogenated alkanes) is 11. The number of rotatable bonds is 23. The predicted molar refractivity (Wildman–Crippen MR) is 133 cm³/mol. The van der Waals surface area contributed by atoms with Gasteiger partial charge in [-0.3, -0.25) is 14.1 Å². The summed E-state index contributed by atoms with van der Waals surface area (Å²) in [5, 5.41) is 0. The molecule has 0 bridgehead atoms. The molecule has 0 aromatic rings. The van der Waals surface area contributed by atoms with E-state index in [0.717, 1.165) is 64.2 Å². The van der Waals surface area contributed by atoms with Crippen LogP contribution in [0.1, 0.15) is 117 Å². The molecule has 0 spiro atoms. The second kappa shape index (κ2) is 22.3. The first-order valence-electron chi connectivity index (χ1n) is 13.0. The van der Waals surface area contributed by atoms with Crippen molar-refractivity contribution in [1.82, 2.24) is 0 Å². The lowest BCUT2D eigenvalue weighted by molar-refractivity contribution is -0.161.